The zero-order valence-electron chi connectivity index (χ0n) is 13.4. The summed E-state index contributed by atoms with van der Waals surface area (Å²) in [6.07, 6.45) is 1.54. The maximum Gasteiger partial charge on any atom is 0.280 e. The summed E-state index contributed by atoms with van der Waals surface area (Å²) < 4.78 is 0. The number of carbonyl (C=O) groups is 4. The van der Waals surface area contributed by atoms with E-state index in [-0.39, 0.29) is 36.0 Å². The van der Waals surface area contributed by atoms with E-state index in [9.17, 15) is 19.2 Å². The molecular formula is C16H18N4O4. The SMILES string of the molecule is CC(=O)N1CCN(C(=O)CCN2C(=O)c3cccnc3C2=O)CC1. The molecule has 2 aliphatic heterocycles. The highest BCUT2D eigenvalue weighted by Gasteiger charge is 2.36. The Morgan fingerprint density at radius 3 is 2.38 bits per heavy atom. The molecular weight excluding hydrogens is 312 g/mol. The maximum absolute atomic E-state index is 12.3. The van der Waals surface area contributed by atoms with Crippen molar-refractivity contribution >= 4 is 23.6 Å². The number of rotatable bonds is 3. The van der Waals surface area contributed by atoms with Crippen LogP contribution in [-0.4, -0.2) is 76.0 Å². The molecule has 0 saturated carbocycles. The van der Waals surface area contributed by atoms with Gasteiger partial charge in [0.25, 0.3) is 11.8 Å². The molecule has 24 heavy (non-hydrogen) atoms. The molecule has 8 nitrogen and oxygen atoms in total. The number of hydrogen-bond acceptors (Lipinski definition) is 5. The van der Waals surface area contributed by atoms with Crippen molar-refractivity contribution < 1.29 is 19.2 Å². The lowest BCUT2D eigenvalue weighted by Crippen LogP contribution is -2.50. The van der Waals surface area contributed by atoms with E-state index in [2.05, 4.69) is 4.98 Å². The van der Waals surface area contributed by atoms with Crippen LogP contribution in [0.15, 0.2) is 18.3 Å². The topological polar surface area (TPSA) is 90.9 Å². The zero-order chi connectivity index (χ0) is 17.3. The molecule has 1 aromatic rings. The number of piperazine rings is 1. The maximum atomic E-state index is 12.3. The van der Waals surface area contributed by atoms with E-state index < -0.39 is 11.8 Å². The first-order chi connectivity index (χ1) is 11.5. The van der Waals surface area contributed by atoms with Crippen molar-refractivity contribution in [3.05, 3.63) is 29.6 Å². The molecule has 2 aliphatic rings. The van der Waals surface area contributed by atoms with Crippen molar-refractivity contribution in [2.75, 3.05) is 32.7 Å². The van der Waals surface area contributed by atoms with Gasteiger partial charge < -0.3 is 9.80 Å². The molecule has 0 bridgehead atoms. The molecule has 0 aromatic carbocycles. The van der Waals surface area contributed by atoms with Crippen LogP contribution in [0.5, 0.6) is 0 Å². The Bertz CT molecular complexity index is 675. The number of nitrogens with zero attached hydrogens (tertiary/aromatic N) is 4. The summed E-state index contributed by atoms with van der Waals surface area (Å²) in [5.41, 5.74) is 0.426. The van der Waals surface area contributed by atoms with Gasteiger partial charge >= 0.3 is 0 Å². The fourth-order valence-corrected chi connectivity index (χ4v) is 2.95. The van der Waals surface area contributed by atoms with E-state index in [0.717, 1.165) is 4.90 Å². The summed E-state index contributed by atoms with van der Waals surface area (Å²) in [4.78, 5) is 56.3. The number of carbonyl (C=O) groups excluding carboxylic acids is 4. The molecule has 4 amide bonds. The normalized spacial score (nSPS) is 17.3. The molecule has 3 heterocycles. The Morgan fingerprint density at radius 2 is 1.75 bits per heavy atom. The summed E-state index contributed by atoms with van der Waals surface area (Å²) in [5.74, 6) is -0.981. The third-order valence-corrected chi connectivity index (χ3v) is 4.36. The van der Waals surface area contributed by atoms with Crippen LogP contribution in [-0.2, 0) is 9.59 Å². The number of hydrogen-bond donors (Lipinski definition) is 0. The van der Waals surface area contributed by atoms with E-state index in [1.807, 2.05) is 0 Å². The lowest BCUT2D eigenvalue weighted by Gasteiger charge is -2.34. The van der Waals surface area contributed by atoms with Crippen molar-refractivity contribution in [2.45, 2.75) is 13.3 Å². The van der Waals surface area contributed by atoms with Crippen molar-refractivity contribution in [2.24, 2.45) is 0 Å². The molecule has 3 rings (SSSR count). The smallest absolute Gasteiger partial charge is 0.280 e. The summed E-state index contributed by atoms with van der Waals surface area (Å²) in [7, 11) is 0. The molecule has 126 valence electrons. The van der Waals surface area contributed by atoms with Gasteiger partial charge in [-0.3, -0.25) is 29.1 Å². The van der Waals surface area contributed by atoms with E-state index in [1.165, 1.54) is 13.1 Å². The summed E-state index contributed by atoms with van der Waals surface area (Å²) in [6.45, 7) is 3.52. The van der Waals surface area contributed by atoms with Crippen LogP contribution >= 0.6 is 0 Å². The van der Waals surface area contributed by atoms with Crippen LogP contribution in [0, 0.1) is 0 Å². The highest BCUT2D eigenvalue weighted by molar-refractivity contribution is 6.20. The van der Waals surface area contributed by atoms with Gasteiger partial charge in [-0.15, -0.1) is 0 Å². The van der Waals surface area contributed by atoms with E-state index in [1.54, 1.807) is 21.9 Å². The zero-order valence-corrected chi connectivity index (χ0v) is 13.4. The van der Waals surface area contributed by atoms with E-state index in [0.29, 0.717) is 26.2 Å². The van der Waals surface area contributed by atoms with Gasteiger partial charge in [-0.1, -0.05) is 0 Å². The number of pyridine rings is 1. The fourth-order valence-electron chi connectivity index (χ4n) is 2.95. The molecule has 1 aromatic heterocycles. The third-order valence-electron chi connectivity index (χ3n) is 4.36. The van der Waals surface area contributed by atoms with Crippen LogP contribution in [0.4, 0.5) is 0 Å². The van der Waals surface area contributed by atoms with E-state index in [4.69, 9.17) is 0 Å². The van der Waals surface area contributed by atoms with Gasteiger partial charge in [-0.2, -0.15) is 0 Å². The fraction of sp³-hybridized carbons (Fsp3) is 0.438. The Kier molecular flexibility index (Phi) is 4.28. The van der Waals surface area contributed by atoms with Gasteiger partial charge in [0.05, 0.1) is 5.56 Å². The van der Waals surface area contributed by atoms with Crippen LogP contribution < -0.4 is 0 Å². The van der Waals surface area contributed by atoms with Gasteiger partial charge in [0.1, 0.15) is 5.69 Å². The molecule has 1 saturated heterocycles. The Hall–Kier alpha value is -2.77. The quantitative estimate of drug-likeness (QED) is 0.713. The first-order valence-electron chi connectivity index (χ1n) is 7.83. The van der Waals surface area contributed by atoms with Crippen LogP contribution in [0.1, 0.15) is 34.2 Å². The summed E-state index contributed by atoms with van der Waals surface area (Å²) in [5, 5.41) is 0. The minimum absolute atomic E-state index is 0.000577. The predicted molar refractivity (Wildman–Crippen MR) is 83.1 cm³/mol. The van der Waals surface area contributed by atoms with E-state index >= 15 is 0 Å². The monoisotopic (exact) mass is 330 g/mol. The number of fused-ring (bicyclic) bond motifs is 1. The summed E-state index contributed by atoms with van der Waals surface area (Å²) in [6, 6.07) is 3.17. The third kappa shape index (κ3) is 2.86. The minimum atomic E-state index is -0.454. The van der Waals surface area contributed by atoms with Gasteiger partial charge in [0, 0.05) is 52.3 Å². The van der Waals surface area contributed by atoms with Crippen LogP contribution in [0.2, 0.25) is 0 Å². The molecule has 8 heteroatoms. The van der Waals surface area contributed by atoms with Gasteiger partial charge in [0.2, 0.25) is 11.8 Å². The molecule has 0 unspecified atom stereocenters. The largest absolute Gasteiger partial charge is 0.339 e. The molecule has 0 aliphatic carbocycles. The van der Waals surface area contributed by atoms with Gasteiger partial charge in [0.15, 0.2) is 0 Å². The number of imide groups is 1. The lowest BCUT2D eigenvalue weighted by molar-refractivity contribution is -0.138. The lowest BCUT2D eigenvalue weighted by atomic mass is 10.2. The van der Waals surface area contributed by atoms with Crippen molar-refractivity contribution in [3.8, 4) is 0 Å². The average molecular weight is 330 g/mol. The first-order valence-corrected chi connectivity index (χ1v) is 7.83. The molecule has 0 radical (unpaired) electrons. The molecule has 0 N–H and O–H groups in total. The molecule has 0 atom stereocenters. The van der Waals surface area contributed by atoms with Crippen LogP contribution in [0.3, 0.4) is 0 Å². The number of amides is 4. The van der Waals surface area contributed by atoms with Crippen LogP contribution in [0.25, 0.3) is 0 Å². The second-order valence-corrected chi connectivity index (χ2v) is 5.80. The molecule has 0 spiro atoms. The number of aromatic nitrogens is 1. The Balaban J connectivity index is 1.55. The predicted octanol–water partition coefficient (Wildman–Crippen LogP) is -0.242. The minimum Gasteiger partial charge on any atom is -0.339 e. The average Bonchev–Trinajstić information content (AvgIpc) is 2.84. The first kappa shape index (κ1) is 16.1. The van der Waals surface area contributed by atoms with Crippen molar-refractivity contribution in [3.63, 3.8) is 0 Å². The Labute approximate surface area is 139 Å². The highest BCUT2D eigenvalue weighted by atomic mass is 16.2. The van der Waals surface area contributed by atoms with Gasteiger partial charge in [-0.25, -0.2) is 0 Å². The Morgan fingerprint density at radius 1 is 1.08 bits per heavy atom. The highest BCUT2D eigenvalue weighted by Crippen LogP contribution is 2.20. The van der Waals surface area contributed by atoms with Crippen molar-refractivity contribution in [1.82, 2.24) is 19.7 Å². The second kappa shape index (κ2) is 6.38. The van der Waals surface area contributed by atoms with Crippen molar-refractivity contribution in [1.29, 1.82) is 0 Å². The standard InChI is InChI=1S/C16H18N4O4/c1-11(21)18-7-9-19(10-8-18)13(22)4-6-20-15(23)12-3-2-5-17-14(12)16(20)24/h2-3,5H,4,6-10H2,1H3. The second-order valence-electron chi connectivity index (χ2n) is 5.80. The van der Waals surface area contributed by atoms with Gasteiger partial charge in [-0.05, 0) is 12.1 Å². The summed E-state index contributed by atoms with van der Waals surface area (Å²) >= 11 is 0. The molecule has 1 fully saturated rings.